The van der Waals surface area contributed by atoms with Gasteiger partial charge < -0.3 is 19.9 Å². The van der Waals surface area contributed by atoms with Gasteiger partial charge in [0.15, 0.2) is 5.11 Å². The number of thiophene rings is 1. The van der Waals surface area contributed by atoms with Crippen molar-refractivity contribution in [1.82, 2.24) is 4.90 Å². The molecule has 138 valence electrons. The van der Waals surface area contributed by atoms with Crippen LogP contribution in [0.4, 0.5) is 11.4 Å². The van der Waals surface area contributed by atoms with Crippen molar-refractivity contribution in [3.8, 4) is 0 Å². The third kappa shape index (κ3) is 4.11. The highest BCUT2D eigenvalue weighted by atomic mass is 35.5. The molecule has 0 saturated carbocycles. The SMILES string of the molecule is COC(=O)c1sccc1NC(=S)N1CCN(c2cc(Cl)ccc2C)CC1. The lowest BCUT2D eigenvalue weighted by Crippen LogP contribution is -2.50. The smallest absolute Gasteiger partial charge is 0.350 e. The number of esters is 1. The first-order valence-corrected chi connectivity index (χ1v) is 9.89. The van der Waals surface area contributed by atoms with Crippen molar-refractivity contribution >= 4 is 57.6 Å². The van der Waals surface area contributed by atoms with Crippen LogP contribution in [0, 0.1) is 6.92 Å². The quantitative estimate of drug-likeness (QED) is 0.610. The maximum Gasteiger partial charge on any atom is 0.350 e. The Bertz CT molecular complexity index is 817. The van der Waals surface area contributed by atoms with Crippen LogP contribution in [0.2, 0.25) is 5.02 Å². The summed E-state index contributed by atoms with van der Waals surface area (Å²) in [6.45, 7) is 5.41. The molecular formula is C18H20ClN3O2S2. The zero-order valence-electron chi connectivity index (χ0n) is 14.6. The van der Waals surface area contributed by atoms with E-state index in [0.29, 0.717) is 15.7 Å². The van der Waals surface area contributed by atoms with Gasteiger partial charge in [0.25, 0.3) is 0 Å². The van der Waals surface area contributed by atoms with Crippen LogP contribution in [0.3, 0.4) is 0 Å². The zero-order valence-corrected chi connectivity index (χ0v) is 17.0. The lowest BCUT2D eigenvalue weighted by molar-refractivity contribution is 0.0607. The van der Waals surface area contributed by atoms with Crippen molar-refractivity contribution < 1.29 is 9.53 Å². The average Bonchev–Trinajstić information content (AvgIpc) is 3.11. The molecule has 26 heavy (non-hydrogen) atoms. The molecule has 2 heterocycles. The van der Waals surface area contributed by atoms with E-state index in [9.17, 15) is 4.79 Å². The monoisotopic (exact) mass is 409 g/mol. The second kappa shape index (κ2) is 8.24. The van der Waals surface area contributed by atoms with E-state index in [1.165, 1.54) is 29.7 Å². The van der Waals surface area contributed by atoms with Gasteiger partial charge in [0, 0.05) is 36.9 Å². The predicted octanol–water partition coefficient (Wildman–Crippen LogP) is 4.02. The first kappa shape index (κ1) is 18.9. The fourth-order valence-corrected chi connectivity index (χ4v) is 4.15. The van der Waals surface area contributed by atoms with E-state index in [2.05, 4.69) is 22.0 Å². The summed E-state index contributed by atoms with van der Waals surface area (Å²) in [7, 11) is 1.38. The zero-order chi connectivity index (χ0) is 18.7. The number of thiocarbonyl (C=S) groups is 1. The molecule has 8 heteroatoms. The molecule has 0 amide bonds. The maximum absolute atomic E-state index is 11.8. The number of rotatable bonds is 3. The van der Waals surface area contributed by atoms with Gasteiger partial charge in [-0.3, -0.25) is 0 Å². The number of nitrogens with zero attached hydrogens (tertiary/aromatic N) is 2. The number of hydrogen-bond donors (Lipinski definition) is 1. The number of carbonyl (C=O) groups excluding carboxylic acids is 1. The molecule has 1 aromatic heterocycles. The topological polar surface area (TPSA) is 44.8 Å². The van der Waals surface area contributed by atoms with Crippen LogP contribution in [0.25, 0.3) is 0 Å². The molecule has 1 saturated heterocycles. The normalized spacial score (nSPS) is 14.3. The van der Waals surface area contributed by atoms with Crippen LogP contribution < -0.4 is 10.2 Å². The van der Waals surface area contributed by atoms with Gasteiger partial charge in [0.2, 0.25) is 0 Å². The number of halogens is 1. The van der Waals surface area contributed by atoms with Crippen molar-refractivity contribution in [2.45, 2.75) is 6.92 Å². The van der Waals surface area contributed by atoms with Crippen molar-refractivity contribution in [2.75, 3.05) is 43.5 Å². The number of nitrogens with one attached hydrogen (secondary N) is 1. The number of piperazine rings is 1. The minimum absolute atomic E-state index is 0.355. The fraction of sp³-hybridized carbons (Fsp3) is 0.333. The van der Waals surface area contributed by atoms with Gasteiger partial charge >= 0.3 is 5.97 Å². The highest BCUT2D eigenvalue weighted by molar-refractivity contribution is 7.80. The van der Waals surface area contributed by atoms with Gasteiger partial charge in [-0.25, -0.2) is 4.79 Å². The van der Waals surface area contributed by atoms with Crippen LogP contribution >= 0.6 is 35.2 Å². The van der Waals surface area contributed by atoms with E-state index < -0.39 is 0 Å². The lowest BCUT2D eigenvalue weighted by atomic mass is 10.1. The van der Waals surface area contributed by atoms with Gasteiger partial charge in [-0.1, -0.05) is 17.7 Å². The molecule has 1 fully saturated rings. The Morgan fingerprint density at radius 1 is 1.27 bits per heavy atom. The number of methoxy groups -OCH3 is 1. The Kier molecular flexibility index (Phi) is 6.01. The largest absolute Gasteiger partial charge is 0.465 e. The van der Waals surface area contributed by atoms with Crippen LogP contribution in [0.5, 0.6) is 0 Å². The number of ether oxygens (including phenoxy) is 1. The molecule has 1 aliphatic heterocycles. The van der Waals surface area contributed by atoms with E-state index in [0.717, 1.165) is 31.2 Å². The Morgan fingerprint density at radius 3 is 2.69 bits per heavy atom. The highest BCUT2D eigenvalue weighted by Gasteiger charge is 2.22. The summed E-state index contributed by atoms with van der Waals surface area (Å²) in [6.07, 6.45) is 0. The Hall–Kier alpha value is -1.83. The predicted molar refractivity (Wildman–Crippen MR) is 112 cm³/mol. The molecule has 2 aromatic rings. The van der Waals surface area contributed by atoms with E-state index in [1.807, 2.05) is 29.6 Å². The summed E-state index contributed by atoms with van der Waals surface area (Å²) < 4.78 is 4.80. The molecule has 0 aliphatic carbocycles. The van der Waals surface area contributed by atoms with Crippen LogP contribution in [-0.4, -0.2) is 49.3 Å². The molecule has 0 atom stereocenters. The summed E-state index contributed by atoms with van der Waals surface area (Å²) >= 11 is 13.0. The second-order valence-corrected chi connectivity index (χ2v) is 7.73. The standard InChI is InChI=1S/C18H20ClN3O2S2/c1-12-3-4-13(19)11-15(12)21-6-8-22(9-7-21)18(25)20-14-5-10-26-16(14)17(23)24-2/h3-5,10-11H,6-9H2,1-2H3,(H,20,25). The third-order valence-electron chi connectivity index (χ3n) is 4.36. The number of benzene rings is 1. The minimum atomic E-state index is -0.355. The number of anilines is 2. The van der Waals surface area contributed by atoms with Crippen LogP contribution in [0.1, 0.15) is 15.2 Å². The van der Waals surface area contributed by atoms with Crippen molar-refractivity contribution in [2.24, 2.45) is 0 Å². The first-order valence-electron chi connectivity index (χ1n) is 8.22. The number of carbonyl (C=O) groups is 1. The van der Waals surface area contributed by atoms with Gasteiger partial charge in [0.05, 0.1) is 12.8 Å². The molecule has 5 nitrogen and oxygen atoms in total. The highest BCUT2D eigenvalue weighted by Crippen LogP contribution is 2.26. The summed E-state index contributed by atoms with van der Waals surface area (Å²) in [5, 5.41) is 6.39. The molecule has 0 unspecified atom stereocenters. The van der Waals surface area contributed by atoms with E-state index >= 15 is 0 Å². The van der Waals surface area contributed by atoms with Crippen molar-refractivity contribution in [3.63, 3.8) is 0 Å². The summed E-state index contributed by atoms with van der Waals surface area (Å²) in [4.78, 5) is 16.8. The average molecular weight is 410 g/mol. The van der Waals surface area contributed by atoms with E-state index in [4.69, 9.17) is 28.6 Å². The molecule has 1 N–H and O–H groups in total. The van der Waals surface area contributed by atoms with Gasteiger partial charge in [-0.2, -0.15) is 0 Å². The second-order valence-electron chi connectivity index (χ2n) is 5.99. The molecule has 1 aliphatic rings. The van der Waals surface area contributed by atoms with E-state index in [1.54, 1.807) is 0 Å². The first-order chi connectivity index (χ1) is 12.5. The number of aryl methyl sites for hydroxylation is 1. The summed E-state index contributed by atoms with van der Waals surface area (Å²) in [5.74, 6) is -0.355. The van der Waals surface area contributed by atoms with Crippen molar-refractivity contribution in [1.29, 1.82) is 0 Å². The van der Waals surface area contributed by atoms with Gasteiger partial charge in [-0.15, -0.1) is 11.3 Å². The molecular weight excluding hydrogens is 390 g/mol. The fourth-order valence-electron chi connectivity index (χ4n) is 2.93. The lowest BCUT2D eigenvalue weighted by Gasteiger charge is -2.38. The minimum Gasteiger partial charge on any atom is -0.465 e. The molecule has 1 aromatic carbocycles. The molecule has 0 spiro atoms. The number of hydrogen-bond acceptors (Lipinski definition) is 5. The third-order valence-corrected chi connectivity index (χ3v) is 5.85. The maximum atomic E-state index is 11.8. The van der Waals surface area contributed by atoms with Gasteiger partial charge in [-0.05, 0) is 48.3 Å². The Balaban J connectivity index is 1.61. The molecule has 0 bridgehead atoms. The molecule has 3 rings (SSSR count). The Labute approximate surface area is 167 Å². The Morgan fingerprint density at radius 2 is 2.00 bits per heavy atom. The van der Waals surface area contributed by atoms with Crippen molar-refractivity contribution in [3.05, 3.63) is 45.1 Å². The summed E-state index contributed by atoms with van der Waals surface area (Å²) in [5.41, 5.74) is 3.08. The van der Waals surface area contributed by atoms with Crippen LogP contribution in [-0.2, 0) is 4.74 Å². The van der Waals surface area contributed by atoms with E-state index in [-0.39, 0.29) is 5.97 Å². The van der Waals surface area contributed by atoms with Crippen LogP contribution in [0.15, 0.2) is 29.6 Å². The molecule has 0 radical (unpaired) electrons. The summed E-state index contributed by atoms with van der Waals surface area (Å²) in [6, 6.07) is 7.81. The van der Waals surface area contributed by atoms with Gasteiger partial charge in [0.1, 0.15) is 4.88 Å².